The van der Waals surface area contributed by atoms with Gasteiger partial charge in [-0.3, -0.25) is 0 Å². The molecule has 1 aliphatic carbocycles. The van der Waals surface area contributed by atoms with E-state index in [9.17, 15) is 0 Å². The predicted octanol–water partition coefficient (Wildman–Crippen LogP) is 7.17. The zero-order valence-electron chi connectivity index (χ0n) is 15.7. The highest BCUT2D eigenvalue weighted by molar-refractivity contribution is 7.43. The van der Waals surface area contributed by atoms with Gasteiger partial charge in [0.05, 0.1) is 9.99 Å². The lowest BCUT2D eigenvalue weighted by molar-refractivity contribution is -0.0636. The van der Waals surface area contributed by atoms with Crippen LogP contribution in [0.3, 0.4) is 0 Å². The third-order valence-corrected chi connectivity index (χ3v) is 10.6. The third kappa shape index (κ3) is 3.98. The van der Waals surface area contributed by atoms with Crippen LogP contribution in [0.1, 0.15) is 68.2 Å². The van der Waals surface area contributed by atoms with Gasteiger partial charge in [0.1, 0.15) is 0 Å². The molecule has 22 heavy (non-hydrogen) atoms. The number of halogens is 2. The van der Waals surface area contributed by atoms with Gasteiger partial charge in [-0.1, -0.05) is 64.0 Å². The molecule has 0 bridgehead atoms. The Kier molecular flexibility index (Phi) is 7.19. The summed E-state index contributed by atoms with van der Waals surface area (Å²) in [4.78, 5) is 0. The summed E-state index contributed by atoms with van der Waals surface area (Å²) in [5, 5.41) is 0.128. The van der Waals surface area contributed by atoms with Crippen molar-refractivity contribution in [1.82, 2.24) is 0 Å². The van der Waals surface area contributed by atoms with Gasteiger partial charge in [-0.2, -0.15) is 0 Å². The van der Waals surface area contributed by atoms with Crippen LogP contribution in [0.2, 0.25) is 0 Å². The van der Waals surface area contributed by atoms with Crippen LogP contribution in [0, 0.1) is 16.2 Å². The van der Waals surface area contributed by atoms with Crippen LogP contribution in [0.15, 0.2) is 0 Å². The van der Waals surface area contributed by atoms with Gasteiger partial charge in [0.25, 0.3) is 0 Å². The number of hydrogen-bond donors (Lipinski definition) is 0. The molecule has 0 spiro atoms. The second-order valence-corrected chi connectivity index (χ2v) is 14.2. The Balaban J connectivity index is 3.39. The van der Waals surface area contributed by atoms with Gasteiger partial charge in [0, 0.05) is 0 Å². The minimum atomic E-state index is -0.220. The molecular weight excluding hydrogens is 349 g/mol. The molecule has 0 aromatic carbocycles. The molecular formula is C18H36Cl2P2. The van der Waals surface area contributed by atoms with E-state index in [1.807, 2.05) is 0 Å². The highest BCUT2D eigenvalue weighted by Gasteiger charge is 2.60. The quantitative estimate of drug-likeness (QED) is 0.356. The summed E-state index contributed by atoms with van der Waals surface area (Å²) in [7, 11) is 1.68. The molecule has 0 nitrogen and oxygen atoms in total. The predicted molar refractivity (Wildman–Crippen MR) is 110 cm³/mol. The fourth-order valence-corrected chi connectivity index (χ4v) is 9.20. The molecule has 0 aromatic rings. The molecule has 5 unspecified atom stereocenters. The maximum Gasteiger partial charge on any atom is 0.0786 e. The van der Waals surface area contributed by atoms with E-state index in [0.29, 0.717) is 5.66 Å². The Labute approximate surface area is 152 Å². The highest BCUT2D eigenvalue weighted by Crippen LogP contribution is 2.68. The molecule has 0 amide bonds. The molecule has 1 aliphatic rings. The van der Waals surface area contributed by atoms with Crippen LogP contribution >= 0.6 is 40.4 Å². The van der Waals surface area contributed by atoms with E-state index in [1.54, 1.807) is 0 Å². The molecule has 0 heterocycles. The van der Waals surface area contributed by atoms with Gasteiger partial charge in [0.15, 0.2) is 0 Å². The molecule has 0 N–H and O–H groups in total. The maximum atomic E-state index is 7.24. The van der Waals surface area contributed by atoms with E-state index < -0.39 is 0 Å². The van der Waals surface area contributed by atoms with Gasteiger partial charge in [-0.25, -0.2) is 0 Å². The van der Waals surface area contributed by atoms with Crippen molar-refractivity contribution in [3.05, 3.63) is 0 Å². The molecule has 0 aromatic heterocycles. The van der Waals surface area contributed by atoms with E-state index >= 15 is 0 Å². The lowest BCUT2D eigenvalue weighted by atomic mass is 9.48. The smallest absolute Gasteiger partial charge is 0.0786 e. The van der Waals surface area contributed by atoms with Gasteiger partial charge in [-0.05, 0) is 47.1 Å². The minimum absolute atomic E-state index is 0.128. The van der Waals surface area contributed by atoms with Crippen LogP contribution in [-0.2, 0) is 0 Å². The van der Waals surface area contributed by atoms with Crippen LogP contribution in [0.25, 0.3) is 0 Å². The van der Waals surface area contributed by atoms with Gasteiger partial charge in [0.2, 0.25) is 0 Å². The fourth-order valence-electron chi connectivity index (χ4n) is 4.57. The van der Waals surface area contributed by atoms with Gasteiger partial charge in [-0.15, -0.1) is 31.8 Å². The number of hydrogen-bond acceptors (Lipinski definition) is 0. The second kappa shape index (κ2) is 7.36. The first-order valence-electron chi connectivity index (χ1n) is 8.66. The summed E-state index contributed by atoms with van der Waals surface area (Å²) in [6.45, 7) is 19.0. The molecule has 5 atom stereocenters. The topological polar surface area (TPSA) is 0 Å². The molecule has 0 aliphatic heterocycles. The highest BCUT2D eigenvalue weighted by atomic mass is 35.5. The summed E-state index contributed by atoms with van der Waals surface area (Å²) in [5.74, 6) is 0. The monoisotopic (exact) mass is 384 g/mol. The molecule has 0 saturated heterocycles. The number of rotatable bonds is 4. The Morgan fingerprint density at radius 3 is 1.86 bits per heavy atom. The van der Waals surface area contributed by atoms with Crippen molar-refractivity contribution in [3.8, 4) is 0 Å². The summed E-state index contributed by atoms with van der Waals surface area (Å²) in [5.41, 5.74) is 1.27. The van der Waals surface area contributed by atoms with Crippen molar-refractivity contribution < 1.29 is 0 Å². The molecule has 0 radical (unpaired) electrons. The summed E-state index contributed by atoms with van der Waals surface area (Å²) in [6.07, 6.45) is 4.64. The van der Waals surface area contributed by atoms with E-state index in [1.165, 1.54) is 12.6 Å². The summed E-state index contributed by atoms with van der Waals surface area (Å²) >= 11 is 14.2. The van der Waals surface area contributed by atoms with Gasteiger partial charge >= 0.3 is 0 Å². The molecule has 4 heteroatoms. The summed E-state index contributed by atoms with van der Waals surface area (Å²) in [6, 6.07) is 0. The first-order valence-corrected chi connectivity index (χ1v) is 12.0. The molecule has 1 fully saturated rings. The molecule has 1 saturated carbocycles. The van der Waals surface area contributed by atoms with Gasteiger partial charge < -0.3 is 0 Å². The van der Waals surface area contributed by atoms with Crippen LogP contribution in [0.4, 0.5) is 0 Å². The van der Waals surface area contributed by atoms with Crippen molar-refractivity contribution in [2.75, 3.05) is 12.3 Å². The van der Waals surface area contributed by atoms with E-state index in [2.05, 4.69) is 55.4 Å². The normalized spacial score (nSPS) is 34.1. The molecule has 1 rings (SSSR count). The summed E-state index contributed by atoms with van der Waals surface area (Å²) < 4.78 is -0.220. The average Bonchev–Trinajstić information content (AvgIpc) is 2.32. The first-order chi connectivity index (χ1) is 9.84. The van der Waals surface area contributed by atoms with Crippen molar-refractivity contribution in [2.24, 2.45) is 16.2 Å². The van der Waals surface area contributed by atoms with Crippen molar-refractivity contribution >= 4 is 40.4 Å². The van der Waals surface area contributed by atoms with E-state index in [-0.39, 0.29) is 26.2 Å². The van der Waals surface area contributed by atoms with E-state index in [4.69, 9.17) is 23.2 Å². The zero-order valence-corrected chi connectivity index (χ0v) is 19.3. The average molecular weight is 385 g/mol. The minimum Gasteiger partial charge on any atom is -0.120 e. The number of alkyl halides is 2. The third-order valence-electron chi connectivity index (χ3n) is 5.73. The Morgan fingerprint density at radius 1 is 1.00 bits per heavy atom. The van der Waals surface area contributed by atoms with Crippen LogP contribution < -0.4 is 0 Å². The fraction of sp³-hybridized carbons (Fsp3) is 1.00. The SMILES string of the molecule is CCPC1CC(C(C)(C)C)(C(C)(C)C)CC(Cl)(PCC)C1Cl. The Bertz CT molecular complexity index is 356. The Morgan fingerprint density at radius 2 is 1.50 bits per heavy atom. The second-order valence-electron chi connectivity index (χ2n) is 8.92. The lowest BCUT2D eigenvalue weighted by Gasteiger charge is -2.62. The largest absolute Gasteiger partial charge is 0.120 e. The lowest BCUT2D eigenvalue weighted by Crippen LogP contribution is -2.58. The standard InChI is InChI=1S/C18H36Cl2P2/c1-9-21-13-11-17(15(3,4)5,16(6,7)8)12-18(20,14(13)19)22-10-2/h13-14,21-22H,9-12H2,1-8H3. The van der Waals surface area contributed by atoms with Crippen LogP contribution in [-0.4, -0.2) is 28.0 Å². The zero-order chi connectivity index (χ0) is 17.4. The van der Waals surface area contributed by atoms with E-state index in [0.717, 1.165) is 29.7 Å². The van der Waals surface area contributed by atoms with Crippen molar-refractivity contribution in [2.45, 2.75) is 83.9 Å². The Hall–Kier alpha value is 1.44. The van der Waals surface area contributed by atoms with Crippen molar-refractivity contribution in [1.29, 1.82) is 0 Å². The van der Waals surface area contributed by atoms with Crippen molar-refractivity contribution in [3.63, 3.8) is 0 Å². The van der Waals surface area contributed by atoms with Crippen LogP contribution in [0.5, 0.6) is 0 Å². The maximum absolute atomic E-state index is 7.24. The first kappa shape index (κ1) is 21.5. The molecule has 132 valence electrons.